The predicted octanol–water partition coefficient (Wildman–Crippen LogP) is 1.46. The second-order valence-electron chi connectivity index (χ2n) is 4.63. The van der Waals surface area contributed by atoms with Gasteiger partial charge in [0.25, 0.3) is 5.91 Å². The third kappa shape index (κ3) is 3.05. The summed E-state index contributed by atoms with van der Waals surface area (Å²) < 4.78 is 5.01. The number of fused-ring (bicyclic) bond motifs is 1. The van der Waals surface area contributed by atoms with Gasteiger partial charge >= 0.3 is 0 Å². The highest BCUT2D eigenvalue weighted by Crippen LogP contribution is 2.24. The van der Waals surface area contributed by atoms with E-state index in [-0.39, 0.29) is 11.8 Å². The highest BCUT2D eigenvalue weighted by molar-refractivity contribution is 6.02. The monoisotopic (exact) mass is 274 g/mol. The first-order valence-electron chi connectivity index (χ1n) is 6.47. The van der Waals surface area contributed by atoms with E-state index in [1.54, 1.807) is 30.2 Å². The highest BCUT2D eigenvalue weighted by Gasteiger charge is 2.21. The fourth-order valence-corrected chi connectivity index (χ4v) is 2.16. The molecule has 0 aliphatic carbocycles. The lowest BCUT2D eigenvalue weighted by Crippen LogP contribution is -2.34. The second-order valence-corrected chi connectivity index (χ2v) is 4.63. The van der Waals surface area contributed by atoms with Gasteiger partial charge < -0.3 is 15.0 Å². The molecule has 1 aromatic rings. The van der Waals surface area contributed by atoms with Crippen molar-refractivity contribution in [3.63, 3.8) is 0 Å². The van der Waals surface area contributed by atoms with Gasteiger partial charge in [-0.3, -0.25) is 9.59 Å². The third-order valence-electron chi connectivity index (χ3n) is 3.18. The zero-order valence-electron chi connectivity index (χ0n) is 11.5. The Morgan fingerprint density at radius 3 is 3.05 bits per heavy atom. The van der Waals surface area contributed by atoms with Crippen LogP contribution >= 0.6 is 0 Å². The van der Waals surface area contributed by atoms with E-state index in [0.717, 1.165) is 11.3 Å². The number of rotatable bonds is 6. The largest absolute Gasteiger partial charge is 0.383 e. The fourth-order valence-electron chi connectivity index (χ4n) is 2.16. The summed E-state index contributed by atoms with van der Waals surface area (Å²) in [5.41, 5.74) is 2.22. The summed E-state index contributed by atoms with van der Waals surface area (Å²) in [7, 11) is 1.60. The SMILES string of the molecule is C=CCN(CCOC)C(=O)c1ccc2c(c1)NC(=O)C2. The summed E-state index contributed by atoms with van der Waals surface area (Å²) in [6.07, 6.45) is 2.06. The van der Waals surface area contributed by atoms with Crippen molar-refractivity contribution in [2.45, 2.75) is 6.42 Å². The lowest BCUT2D eigenvalue weighted by Gasteiger charge is -2.21. The van der Waals surface area contributed by atoms with Crippen LogP contribution in [0.4, 0.5) is 5.69 Å². The lowest BCUT2D eigenvalue weighted by molar-refractivity contribution is -0.115. The average Bonchev–Trinajstić information content (AvgIpc) is 2.81. The van der Waals surface area contributed by atoms with Crippen LogP contribution in [-0.4, -0.2) is 43.5 Å². The van der Waals surface area contributed by atoms with Crippen molar-refractivity contribution in [2.24, 2.45) is 0 Å². The number of carbonyl (C=O) groups excluding carboxylic acids is 2. The molecule has 0 saturated carbocycles. The number of benzene rings is 1. The highest BCUT2D eigenvalue weighted by atomic mass is 16.5. The van der Waals surface area contributed by atoms with E-state index < -0.39 is 0 Å². The van der Waals surface area contributed by atoms with Gasteiger partial charge in [0.15, 0.2) is 0 Å². The molecule has 0 unspecified atom stereocenters. The number of nitrogens with zero attached hydrogens (tertiary/aromatic N) is 1. The van der Waals surface area contributed by atoms with Crippen LogP contribution in [0, 0.1) is 0 Å². The van der Waals surface area contributed by atoms with Gasteiger partial charge in [-0.15, -0.1) is 6.58 Å². The predicted molar refractivity (Wildman–Crippen MR) is 76.8 cm³/mol. The van der Waals surface area contributed by atoms with Gasteiger partial charge in [-0.1, -0.05) is 12.1 Å². The Balaban J connectivity index is 2.17. The molecule has 1 aliphatic heterocycles. The number of hydrogen-bond acceptors (Lipinski definition) is 3. The van der Waals surface area contributed by atoms with E-state index in [1.807, 2.05) is 6.07 Å². The molecular weight excluding hydrogens is 256 g/mol. The molecule has 1 heterocycles. The van der Waals surface area contributed by atoms with E-state index in [4.69, 9.17) is 4.74 Å². The molecule has 106 valence electrons. The quantitative estimate of drug-likeness (QED) is 0.799. The molecule has 0 saturated heterocycles. The molecule has 0 atom stereocenters. The molecule has 5 heteroatoms. The molecule has 0 spiro atoms. The standard InChI is InChI=1S/C15H18N2O3/c1-3-6-17(7-8-20-2)15(19)12-5-4-11-10-14(18)16-13(11)9-12/h3-5,9H,1,6-8,10H2,2H3,(H,16,18). The number of amides is 2. The summed E-state index contributed by atoms with van der Waals surface area (Å²) in [5, 5.41) is 2.75. The van der Waals surface area contributed by atoms with Crippen LogP contribution in [0.5, 0.6) is 0 Å². The molecular formula is C15H18N2O3. The van der Waals surface area contributed by atoms with Gasteiger partial charge in [-0.05, 0) is 17.7 Å². The first-order chi connectivity index (χ1) is 9.65. The van der Waals surface area contributed by atoms with Crippen LogP contribution in [0.15, 0.2) is 30.9 Å². The maximum Gasteiger partial charge on any atom is 0.254 e. The molecule has 1 aliphatic rings. The van der Waals surface area contributed by atoms with Crippen molar-refractivity contribution >= 4 is 17.5 Å². The van der Waals surface area contributed by atoms with Gasteiger partial charge in [0, 0.05) is 31.5 Å². The van der Waals surface area contributed by atoms with Crippen LogP contribution in [-0.2, 0) is 16.0 Å². The fraction of sp³-hybridized carbons (Fsp3) is 0.333. The Hall–Kier alpha value is -2.14. The first kappa shape index (κ1) is 14.3. The van der Waals surface area contributed by atoms with Crippen molar-refractivity contribution < 1.29 is 14.3 Å². The van der Waals surface area contributed by atoms with E-state index in [1.165, 1.54) is 0 Å². The maximum atomic E-state index is 12.4. The van der Waals surface area contributed by atoms with Crippen molar-refractivity contribution in [2.75, 3.05) is 32.1 Å². The number of hydrogen-bond donors (Lipinski definition) is 1. The van der Waals surface area contributed by atoms with E-state index >= 15 is 0 Å². The molecule has 20 heavy (non-hydrogen) atoms. The Labute approximate surface area is 118 Å². The molecule has 0 fully saturated rings. The average molecular weight is 274 g/mol. The first-order valence-corrected chi connectivity index (χ1v) is 6.47. The zero-order chi connectivity index (χ0) is 14.5. The topological polar surface area (TPSA) is 58.6 Å². The van der Waals surface area contributed by atoms with E-state index in [2.05, 4.69) is 11.9 Å². The third-order valence-corrected chi connectivity index (χ3v) is 3.18. The minimum absolute atomic E-state index is 0.0353. The number of ether oxygens (including phenoxy) is 1. The van der Waals surface area contributed by atoms with Crippen LogP contribution in [0.3, 0.4) is 0 Å². The molecule has 1 aromatic carbocycles. The zero-order valence-corrected chi connectivity index (χ0v) is 11.5. The molecule has 0 radical (unpaired) electrons. The second kappa shape index (κ2) is 6.34. The van der Waals surface area contributed by atoms with Crippen molar-refractivity contribution in [3.8, 4) is 0 Å². The van der Waals surface area contributed by atoms with Crippen LogP contribution in [0.1, 0.15) is 15.9 Å². The summed E-state index contributed by atoms with van der Waals surface area (Å²) in [6, 6.07) is 5.30. The summed E-state index contributed by atoms with van der Waals surface area (Å²) in [4.78, 5) is 25.4. The van der Waals surface area contributed by atoms with Gasteiger partial charge in [-0.25, -0.2) is 0 Å². The Bertz CT molecular complexity index is 540. The molecule has 2 amide bonds. The minimum Gasteiger partial charge on any atom is -0.383 e. The molecule has 2 rings (SSSR count). The lowest BCUT2D eigenvalue weighted by atomic mass is 10.1. The van der Waals surface area contributed by atoms with Crippen LogP contribution in [0.2, 0.25) is 0 Å². The van der Waals surface area contributed by atoms with Gasteiger partial charge in [0.05, 0.1) is 13.0 Å². The summed E-state index contributed by atoms with van der Waals surface area (Å²) in [6.45, 7) is 5.10. The van der Waals surface area contributed by atoms with E-state index in [9.17, 15) is 9.59 Å². The number of anilines is 1. The van der Waals surface area contributed by atoms with Crippen molar-refractivity contribution in [1.29, 1.82) is 0 Å². The van der Waals surface area contributed by atoms with Gasteiger partial charge in [0.1, 0.15) is 0 Å². The van der Waals surface area contributed by atoms with Crippen LogP contribution < -0.4 is 5.32 Å². The normalized spacial score (nSPS) is 12.8. The molecule has 1 N–H and O–H groups in total. The number of nitrogens with one attached hydrogen (secondary N) is 1. The van der Waals surface area contributed by atoms with Gasteiger partial charge in [-0.2, -0.15) is 0 Å². The van der Waals surface area contributed by atoms with Crippen LogP contribution in [0.25, 0.3) is 0 Å². The van der Waals surface area contributed by atoms with Crippen molar-refractivity contribution in [1.82, 2.24) is 4.90 Å². The minimum atomic E-state index is -0.0918. The van der Waals surface area contributed by atoms with Gasteiger partial charge in [0.2, 0.25) is 5.91 Å². The summed E-state index contributed by atoms with van der Waals surface area (Å²) >= 11 is 0. The smallest absolute Gasteiger partial charge is 0.254 e. The molecule has 0 bridgehead atoms. The van der Waals surface area contributed by atoms with E-state index in [0.29, 0.717) is 31.7 Å². The Kier molecular flexibility index (Phi) is 4.53. The molecule has 0 aromatic heterocycles. The Morgan fingerprint density at radius 2 is 2.35 bits per heavy atom. The number of carbonyl (C=O) groups is 2. The molecule has 5 nitrogen and oxygen atoms in total. The number of methoxy groups -OCH3 is 1. The van der Waals surface area contributed by atoms with Crippen molar-refractivity contribution in [3.05, 3.63) is 42.0 Å². The Morgan fingerprint density at radius 1 is 1.55 bits per heavy atom. The summed E-state index contributed by atoms with van der Waals surface area (Å²) in [5.74, 6) is -0.127. The maximum absolute atomic E-state index is 12.4.